The first-order valence-electron chi connectivity index (χ1n) is 5.51. The second-order valence-electron chi connectivity index (χ2n) is 6.23. The third-order valence-electron chi connectivity index (χ3n) is 2.68. The highest BCUT2D eigenvalue weighted by Crippen LogP contribution is 2.46. The second-order valence-corrected chi connectivity index (χ2v) is 8.37. The van der Waals surface area contributed by atoms with Crippen LogP contribution in [0.5, 0.6) is 0 Å². The summed E-state index contributed by atoms with van der Waals surface area (Å²) in [7, 11) is -2.83. The molecule has 0 aliphatic heterocycles. The predicted octanol–water partition coefficient (Wildman–Crippen LogP) is 1.45. The van der Waals surface area contributed by atoms with E-state index in [-0.39, 0.29) is 10.8 Å². The van der Waals surface area contributed by atoms with Crippen molar-refractivity contribution in [1.29, 1.82) is 0 Å². The van der Waals surface area contributed by atoms with Crippen LogP contribution in [-0.4, -0.2) is 33.5 Å². The Hall–Kier alpha value is -0.0900. The molecule has 15 heavy (non-hydrogen) atoms. The summed E-state index contributed by atoms with van der Waals surface area (Å²) in [5.74, 6) is 0.344. The average Bonchev–Trinajstić information content (AvgIpc) is 2.61. The molecule has 90 valence electrons. The quantitative estimate of drug-likeness (QED) is 0.782. The molecular formula is C11H23NO2S. The van der Waals surface area contributed by atoms with Crippen molar-refractivity contribution in [1.82, 2.24) is 5.32 Å². The second kappa shape index (κ2) is 4.06. The summed E-state index contributed by atoms with van der Waals surface area (Å²) in [4.78, 5) is 0. The first kappa shape index (κ1) is 13.0. The molecule has 0 amide bonds. The first-order valence-corrected chi connectivity index (χ1v) is 7.57. The van der Waals surface area contributed by atoms with E-state index in [1.165, 1.54) is 6.26 Å². The van der Waals surface area contributed by atoms with Crippen LogP contribution < -0.4 is 5.32 Å². The molecule has 1 rings (SSSR count). The molecule has 0 radical (unpaired) electrons. The number of hydrogen-bond donors (Lipinski definition) is 1. The zero-order chi connectivity index (χ0) is 11.7. The fourth-order valence-electron chi connectivity index (χ4n) is 1.81. The fraction of sp³-hybridized carbons (Fsp3) is 1.00. The van der Waals surface area contributed by atoms with Gasteiger partial charge >= 0.3 is 0 Å². The van der Waals surface area contributed by atoms with Crippen LogP contribution in [0.3, 0.4) is 0 Å². The lowest BCUT2D eigenvalue weighted by Gasteiger charge is -2.21. The van der Waals surface area contributed by atoms with E-state index in [1.54, 1.807) is 0 Å². The van der Waals surface area contributed by atoms with Gasteiger partial charge in [0.1, 0.15) is 9.84 Å². The van der Waals surface area contributed by atoms with E-state index in [2.05, 4.69) is 26.1 Å². The Morgan fingerprint density at radius 2 is 1.80 bits per heavy atom. The summed E-state index contributed by atoms with van der Waals surface area (Å²) >= 11 is 0. The number of hydrogen-bond acceptors (Lipinski definition) is 3. The Labute approximate surface area is 93.6 Å². The molecule has 1 aliphatic carbocycles. The molecule has 4 heteroatoms. The van der Waals surface area contributed by atoms with Gasteiger partial charge in [-0.25, -0.2) is 8.42 Å². The molecular weight excluding hydrogens is 210 g/mol. The normalized spacial score (nSPS) is 20.3. The largest absolute Gasteiger partial charge is 0.316 e. The number of sulfone groups is 1. The van der Waals surface area contributed by atoms with E-state index in [1.807, 2.05) is 0 Å². The zero-order valence-corrected chi connectivity index (χ0v) is 11.1. The lowest BCUT2D eigenvalue weighted by molar-refractivity contribution is 0.359. The Bertz CT molecular complexity index is 310. The van der Waals surface area contributed by atoms with E-state index < -0.39 is 9.84 Å². The summed E-state index contributed by atoms with van der Waals surface area (Å²) in [5.41, 5.74) is 0.319. The first-order chi connectivity index (χ1) is 6.62. The molecule has 0 aromatic rings. The molecule has 0 aromatic heterocycles. The fourth-order valence-corrected chi connectivity index (χ4v) is 3.31. The van der Waals surface area contributed by atoms with Gasteiger partial charge in [-0.2, -0.15) is 0 Å². The lowest BCUT2D eigenvalue weighted by Crippen LogP contribution is -2.34. The van der Waals surface area contributed by atoms with Crippen molar-refractivity contribution in [3.05, 3.63) is 0 Å². The van der Waals surface area contributed by atoms with E-state index in [0.717, 1.165) is 25.9 Å². The smallest absolute Gasteiger partial charge is 0.148 e. The molecule has 1 saturated carbocycles. The molecule has 0 unspecified atom stereocenters. The highest BCUT2D eigenvalue weighted by Gasteiger charge is 2.44. The van der Waals surface area contributed by atoms with Gasteiger partial charge in [0.15, 0.2) is 0 Å². The molecule has 1 aliphatic rings. The van der Waals surface area contributed by atoms with Crippen molar-refractivity contribution in [2.24, 2.45) is 10.8 Å². The van der Waals surface area contributed by atoms with Crippen LogP contribution in [0.15, 0.2) is 0 Å². The Morgan fingerprint density at radius 1 is 1.27 bits per heavy atom. The summed E-state index contributed by atoms with van der Waals surface area (Å²) in [6.07, 6.45) is 3.44. The topological polar surface area (TPSA) is 46.2 Å². The standard InChI is InChI=1S/C11H23NO2S/c1-10(2,3)7-12-8-11(5-6-11)9-15(4,13)14/h12H,5-9H2,1-4H3. The molecule has 1 fully saturated rings. The minimum absolute atomic E-state index is 0.0544. The van der Waals surface area contributed by atoms with Crippen molar-refractivity contribution in [2.45, 2.75) is 33.6 Å². The maximum absolute atomic E-state index is 11.2. The van der Waals surface area contributed by atoms with Crippen molar-refractivity contribution in [3.8, 4) is 0 Å². The highest BCUT2D eigenvalue weighted by atomic mass is 32.2. The van der Waals surface area contributed by atoms with E-state index in [0.29, 0.717) is 5.75 Å². The Morgan fingerprint density at radius 3 is 2.13 bits per heavy atom. The van der Waals surface area contributed by atoms with Gasteiger partial charge in [0.2, 0.25) is 0 Å². The molecule has 0 spiro atoms. The van der Waals surface area contributed by atoms with Gasteiger partial charge in [-0.15, -0.1) is 0 Å². The molecule has 0 aromatic carbocycles. The maximum atomic E-state index is 11.2. The Kier molecular flexibility index (Phi) is 3.51. The predicted molar refractivity (Wildman–Crippen MR) is 63.7 cm³/mol. The molecule has 0 saturated heterocycles. The van der Waals surface area contributed by atoms with Gasteiger partial charge in [0.05, 0.1) is 5.75 Å². The van der Waals surface area contributed by atoms with Crippen LogP contribution in [0.25, 0.3) is 0 Å². The van der Waals surface area contributed by atoms with Gasteiger partial charge in [0.25, 0.3) is 0 Å². The minimum Gasteiger partial charge on any atom is -0.316 e. The van der Waals surface area contributed by atoms with Crippen molar-refractivity contribution in [2.75, 3.05) is 25.1 Å². The van der Waals surface area contributed by atoms with Gasteiger partial charge in [-0.05, 0) is 23.7 Å². The minimum atomic E-state index is -2.83. The monoisotopic (exact) mass is 233 g/mol. The number of rotatable bonds is 5. The van der Waals surface area contributed by atoms with E-state index >= 15 is 0 Å². The molecule has 0 heterocycles. The molecule has 1 N–H and O–H groups in total. The third kappa shape index (κ3) is 5.52. The molecule has 3 nitrogen and oxygen atoms in total. The lowest BCUT2D eigenvalue weighted by atomic mass is 9.96. The van der Waals surface area contributed by atoms with Crippen LogP contribution >= 0.6 is 0 Å². The van der Waals surface area contributed by atoms with Gasteiger partial charge in [0, 0.05) is 19.3 Å². The van der Waals surface area contributed by atoms with E-state index in [9.17, 15) is 8.42 Å². The maximum Gasteiger partial charge on any atom is 0.148 e. The third-order valence-corrected chi connectivity index (χ3v) is 3.82. The zero-order valence-electron chi connectivity index (χ0n) is 10.3. The van der Waals surface area contributed by atoms with Crippen molar-refractivity contribution in [3.63, 3.8) is 0 Å². The van der Waals surface area contributed by atoms with Crippen LogP contribution in [0, 0.1) is 10.8 Å². The van der Waals surface area contributed by atoms with Gasteiger partial charge < -0.3 is 5.32 Å². The summed E-state index contributed by atoms with van der Waals surface area (Å²) < 4.78 is 22.4. The van der Waals surface area contributed by atoms with Crippen molar-refractivity contribution < 1.29 is 8.42 Å². The molecule has 0 bridgehead atoms. The average molecular weight is 233 g/mol. The van der Waals surface area contributed by atoms with Crippen molar-refractivity contribution >= 4 is 9.84 Å². The van der Waals surface area contributed by atoms with Crippen LogP contribution in [0.1, 0.15) is 33.6 Å². The van der Waals surface area contributed by atoms with Gasteiger partial charge in [-0.1, -0.05) is 20.8 Å². The van der Waals surface area contributed by atoms with Crippen LogP contribution in [0.2, 0.25) is 0 Å². The van der Waals surface area contributed by atoms with Crippen LogP contribution in [-0.2, 0) is 9.84 Å². The Balaban J connectivity index is 2.33. The number of nitrogens with one attached hydrogen (secondary N) is 1. The summed E-state index contributed by atoms with van der Waals surface area (Å²) in [6.45, 7) is 8.32. The van der Waals surface area contributed by atoms with E-state index in [4.69, 9.17) is 0 Å². The highest BCUT2D eigenvalue weighted by molar-refractivity contribution is 7.90. The SMILES string of the molecule is CC(C)(C)CNCC1(CS(C)(=O)=O)CC1. The molecule has 0 atom stereocenters. The van der Waals surface area contributed by atoms with Crippen LogP contribution in [0.4, 0.5) is 0 Å². The van der Waals surface area contributed by atoms with Gasteiger partial charge in [-0.3, -0.25) is 0 Å². The summed E-state index contributed by atoms with van der Waals surface area (Å²) in [5, 5.41) is 3.39. The summed E-state index contributed by atoms with van der Waals surface area (Å²) in [6, 6.07) is 0.